The van der Waals surface area contributed by atoms with Crippen LogP contribution >= 0.6 is 0 Å². The van der Waals surface area contributed by atoms with E-state index in [1.807, 2.05) is 13.8 Å². The minimum atomic E-state index is -3.71. The lowest BCUT2D eigenvalue weighted by Gasteiger charge is -2.47. The van der Waals surface area contributed by atoms with E-state index in [2.05, 4.69) is 0 Å². The molecule has 0 bridgehead atoms. The number of nitrogens with zero attached hydrogens (tertiary/aromatic N) is 1. The quantitative estimate of drug-likeness (QED) is 0.844. The zero-order chi connectivity index (χ0) is 16.0. The standard InChI is InChI=1S/C14H20N2O4S/c1-9(2)14(18)7-16(8-14)21(19,20)11-5-4-10(3)12(6-11)13(15)17/h4-6,9,18H,7-8H2,1-3H3,(H2,15,17). The van der Waals surface area contributed by atoms with Gasteiger partial charge in [-0.05, 0) is 30.5 Å². The molecule has 0 aromatic heterocycles. The van der Waals surface area contributed by atoms with Crippen molar-refractivity contribution in [3.05, 3.63) is 29.3 Å². The van der Waals surface area contributed by atoms with Gasteiger partial charge in [-0.3, -0.25) is 4.79 Å². The average Bonchev–Trinajstić information content (AvgIpc) is 2.34. The van der Waals surface area contributed by atoms with Crippen molar-refractivity contribution in [3.8, 4) is 0 Å². The first-order valence-electron chi connectivity index (χ1n) is 6.71. The van der Waals surface area contributed by atoms with Gasteiger partial charge in [0.25, 0.3) is 0 Å². The number of benzene rings is 1. The van der Waals surface area contributed by atoms with Crippen LogP contribution < -0.4 is 5.73 Å². The first-order valence-corrected chi connectivity index (χ1v) is 8.15. The van der Waals surface area contributed by atoms with Crippen molar-refractivity contribution in [2.45, 2.75) is 31.3 Å². The molecule has 1 heterocycles. The Labute approximate surface area is 124 Å². The number of β-amino-alcohol motifs (C(OH)–C–C–N with tert-alkyl or cyclic N) is 1. The number of aliphatic hydroxyl groups is 1. The van der Waals surface area contributed by atoms with Crippen LogP contribution in [-0.4, -0.2) is 42.4 Å². The summed E-state index contributed by atoms with van der Waals surface area (Å²) in [6.07, 6.45) is 0. The number of hydrogen-bond acceptors (Lipinski definition) is 4. The largest absolute Gasteiger partial charge is 0.387 e. The van der Waals surface area contributed by atoms with Gasteiger partial charge in [-0.2, -0.15) is 4.31 Å². The molecule has 0 radical (unpaired) electrons. The number of primary amides is 1. The van der Waals surface area contributed by atoms with E-state index in [0.717, 1.165) is 0 Å². The van der Waals surface area contributed by atoms with Crippen LogP contribution in [-0.2, 0) is 10.0 Å². The third kappa shape index (κ3) is 2.68. The second kappa shape index (κ2) is 5.08. The van der Waals surface area contributed by atoms with Gasteiger partial charge < -0.3 is 10.8 Å². The molecular weight excluding hydrogens is 292 g/mol. The number of carbonyl (C=O) groups excluding carboxylic acids is 1. The van der Waals surface area contributed by atoms with Gasteiger partial charge in [-0.1, -0.05) is 19.9 Å². The molecule has 0 spiro atoms. The Morgan fingerprint density at radius 3 is 2.43 bits per heavy atom. The van der Waals surface area contributed by atoms with Crippen LogP contribution in [0, 0.1) is 12.8 Å². The highest BCUT2D eigenvalue weighted by Crippen LogP contribution is 2.33. The van der Waals surface area contributed by atoms with Gasteiger partial charge in [0.05, 0.1) is 10.5 Å². The Hall–Kier alpha value is -1.44. The molecule has 1 amide bonds. The molecule has 0 aliphatic carbocycles. The van der Waals surface area contributed by atoms with E-state index in [1.165, 1.54) is 16.4 Å². The molecule has 116 valence electrons. The van der Waals surface area contributed by atoms with Gasteiger partial charge in [0, 0.05) is 18.7 Å². The van der Waals surface area contributed by atoms with E-state index in [1.54, 1.807) is 13.0 Å². The first kappa shape index (κ1) is 15.9. The summed E-state index contributed by atoms with van der Waals surface area (Å²) in [6.45, 7) is 5.51. The van der Waals surface area contributed by atoms with Gasteiger partial charge >= 0.3 is 0 Å². The van der Waals surface area contributed by atoms with Crippen LogP contribution in [0.5, 0.6) is 0 Å². The van der Waals surface area contributed by atoms with Gasteiger partial charge in [-0.25, -0.2) is 8.42 Å². The molecule has 7 heteroatoms. The van der Waals surface area contributed by atoms with Crippen LogP contribution in [0.3, 0.4) is 0 Å². The maximum atomic E-state index is 12.5. The monoisotopic (exact) mass is 312 g/mol. The van der Waals surface area contributed by atoms with Gasteiger partial charge in [0.2, 0.25) is 15.9 Å². The molecule has 6 nitrogen and oxygen atoms in total. The summed E-state index contributed by atoms with van der Waals surface area (Å²) >= 11 is 0. The summed E-state index contributed by atoms with van der Waals surface area (Å²) < 4.78 is 26.2. The van der Waals surface area contributed by atoms with E-state index in [4.69, 9.17) is 5.73 Å². The minimum absolute atomic E-state index is 0.0210. The Balaban J connectivity index is 2.30. The second-order valence-electron chi connectivity index (χ2n) is 5.87. The van der Waals surface area contributed by atoms with Crippen molar-refractivity contribution in [3.63, 3.8) is 0 Å². The second-order valence-corrected chi connectivity index (χ2v) is 7.81. The van der Waals surface area contributed by atoms with Crippen LogP contribution in [0.15, 0.2) is 23.1 Å². The topological polar surface area (TPSA) is 101 Å². The Bertz CT molecular complexity index is 676. The molecule has 21 heavy (non-hydrogen) atoms. The summed E-state index contributed by atoms with van der Waals surface area (Å²) in [5.41, 5.74) is 5.08. The molecular formula is C14H20N2O4S. The Morgan fingerprint density at radius 1 is 1.38 bits per heavy atom. The summed E-state index contributed by atoms with van der Waals surface area (Å²) in [6, 6.07) is 4.30. The molecule has 0 unspecified atom stereocenters. The number of nitrogens with two attached hydrogens (primary N) is 1. The molecule has 1 fully saturated rings. The van der Waals surface area contributed by atoms with Crippen LogP contribution in [0.25, 0.3) is 0 Å². The predicted molar refractivity (Wildman–Crippen MR) is 78.2 cm³/mol. The molecule has 0 atom stereocenters. The molecule has 1 aromatic rings. The third-order valence-electron chi connectivity index (χ3n) is 4.09. The number of rotatable bonds is 4. The van der Waals surface area contributed by atoms with Crippen LogP contribution in [0.2, 0.25) is 0 Å². The SMILES string of the molecule is Cc1ccc(S(=O)(=O)N2CC(O)(C(C)C)C2)cc1C(N)=O. The van der Waals surface area contributed by atoms with Crippen molar-refractivity contribution >= 4 is 15.9 Å². The maximum Gasteiger partial charge on any atom is 0.249 e. The molecule has 1 aliphatic heterocycles. The highest BCUT2D eigenvalue weighted by molar-refractivity contribution is 7.89. The first-order chi connectivity index (χ1) is 9.58. The number of amides is 1. The summed E-state index contributed by atoms with van der Waals surface area (Å²) in [4.78, 5) is 11.3. The smallest absolute Gasteiger partial charge is 0.249 e. The zero-order valence-electron chi connectivity index (χ0n) is 12.3. The van der Waals surface area contributed by atoms with Gasteiger partial charge in [-0.15, -0.1) is 0 Å². The maximum absolute atomic E-state index is 12.5. The average molecular weight is 312 g/mol. The lowest BCUT2D eigenvalue weighted by molar-refractivity contribution is -0.0932. The Morgan fingerprint density at radius 2 is 1.95 bits per heavy atom. The zero-order valence-corrected chi connectivity index (χ0v) is 13.1. The van der Waals surface area contributed by atoms with Crippen molar-refractivity contribution in [2.75, 3.05) is 13.1 Å². The lowest BCUT2D eigenvalue weighted by Crippen LogP contribution is -2.65. The van der Waals surface area contributed by atoms with Gasteiger partial charge in [0.1, 0.15) is 0 Å². The number of hydrogen-bond donors (Lipinski definition) is 2. The highest BCUT2D eigenvalue weighted by atomic mass is 32.2. The predicted octanol–water partition coefficient (Wildman–Crippen LogP) is 0.485. The molecule has 3 N–H and O–H groups in total. The van der Waals surface area contributed by atoms with Crippen molar-refractivity contribution in [2.24, 2.45) is 11.7 Å². The van der Waals surface area contributed by atoms with E-state index in [9.17, 15) is 18.3 Å². The fourth-order valence-electron chi connectivity index (χ4n) is 2.28. The molecule has 1 aromatic carbocycles. The van der Waals surface area contributed by atoms with E-state index in [0.29, 0.717) is 5.56 Å². The van der Waals surface area contributed by atoms with Crippen LogP contribution in [0.4, 0.5) is 0 Å². The molecule has 0 saturated carbocycles. The van der Waals surface area contributed by atoms with Crippen molar-refractivity contribution in [1.29, 1.82) is 0 Å². The Kier molecular flexibility index (Phi) is 3.86. The minimum Gasteiger partial charge on any atom is -0.387 e. The molecule has 2 rings (SSSR count). The van der Waals surface area contributed by atoms with E-state index in [-0.39, 0.29) is 29.5 Å². The molecule has 1 aliphatic rings. The lowest BCUT2D eigenvalue weighted by atomic mass is 9.85. The van der Waals surface area contributed by atoms with Crippen LogP contribution in [0.1, 0.15) is 29.8 Å². The fourth-order valence-corrected chi connectivity index (χ4v) is 3.87. The summed E-state index contributed by atoms with van der Waals surface area (Å²) in [5.74, 6) is -0.685. The van der Waals surface area contributed by atoms with Crippen molar-refractivity contribution < 1.29 is 18.3 Å². The summed E-state index contributed by atoms with van der Waals surface area (Å²) in [5, 5.41) is 10.2. The van der Waals surface area contributed by atoms with E-state index < -0.39 is 21.5 Å². The highest BCUT2D eigenvalue weighted by Gasteiger charge is 2.49. The fraction of sp³-hybridized carbons (Fsp3) is 0.500. The molecule has 1 saturated heterocycles. The summed E-state index contributed by atoms with van der Waals surface area (Å²) in [7, 11) is -3.71. The number of carbonyl (C=O) groups is 1. The number of sulfonamides is 1. The third-order valence-corrected chi connectivity index (χ3v) is 5.87. The van der Waals surface area contributed by atoms with Crippen molar-refractivity contribution in [1.82, 2.24) is 4.31 Å². The normalized spacial score (nSPS) is 18.5. The van der Waals surface area contributed by atoms with Gasteiger partial charge in [0.15, 0.2) is 0 Å². The number of aryl methyl sites for hydroxylation is 1. The van der Waals surface area contributed by atoms with E-state index >= 15 is 0 Å².